The van der Waals surface area contributed by atoms with Gasteiger partial charge in [-0.25, -0.2) is 8.42 Å². The van der Waals surface area contributed by atoms with E-state index in [4.69, 9.17) is 16.3 Å². The summed E-state index contributed by atoms with van der Waals surface area (Å²) in [4.78, 5) is 28.1. The van der Waals surface area contributed by atoms with E-state index < -0.39 is 28.5 Å². The van der Waals surface area contributed by atoms with E-state index in [1.807, 2.05) is 24.3 Å². The molecule has 1 N–H and O–H groups in total. The highest BCUT2D eigenvalue weighted by Crippen LogP contribution is 2.33. The van der Waals surface area contributed by atoms with Crippen LogP contribution in [-0.2, 0) is 26.2 Å². The van der Waals surface area contributed by atoms with E-state index >= 15 is 0 Å². The molecule has 3 aromatic carbocycles. The van der Waals surface area contributed by atoms with Crippen LogP contribution in [0.2, 0.25) is 5.02 Å². The summed E-state index contributed by atoms with van der Waals surface area (Å²) in [6.07, 6.45) is 0. The number of hydrogen-bond donors (Lipinski definition) is 1. The van der Waals surface area contributed by atoms with Crippen molar-refractivity contribution in [2.24, 2.45) is 0 Å². The van der Waals surface area contributed by atoms with Crippen molar-refractivity contribution in [2.75, 3.05) is 24.0 Å². The minimum atomic E-state index is -4.24. The summed E-state index contributed by atoms with van der Waals surface area (Å²) in [6, 6.07) is 18.8. The molecule has 0 spiro atoms. The molecule has 3 rings (SSSR count). The van der Waals surface area contributed by atoms with E-state index in [0.29, 0.717) is 23.9 Å². The molecule has 0 fully saturated rings. The van der Waals surface area contributed by atoms with E-state index in [1.54, 1.807) is 45.0 Å². The molecule has 8 nitrogen and oxygen atoms in total. The average Bonchev–Trinajstić information content (AvgIpc) is 2.91. The largest absolute Gasteiger partial charge is 0.492 e. The van der Waals surface area contributed by atoms with E-state index in [0.717, 1.165) is 14.3 Å². The third kappa shape index (κ3) is 7.74. The number of sulfonamides is 1. The maximum Gasteiger partial charge on any atom is 0.264 e. The number of benzene rings is 3. The molecule has 208 valence electrons. The first-order valence-corrected chi connectivity index (χ1v) is 15.0. The van der Waals surface area contributed by atoms with Gasteiger partial charge in [0.15, 0.2) is 0 Å². The van der Waals surface area contributed by atoms with Gasteiger partial charge in [-0.05, 0) is 74.9 Å². The zero-order valence-electron chi connectivity index (χ0n) is 21.9. The topological polar surface area (TPSA) is 96.0 Å². The van der Waals surface area contributed by atoms with Gasteiger partial charge in [0.05, 0.1) is 17.2 Å². The number of halogens is 2. The Bertz CT molecular complexity index is 1400. The molecule has 0 unspecified atom stereocenters. The quantitative estimate of drug-likeness (QED) is 0.293. The molecule has 11 heteroatoms. The van der Waals surface area contributed by atoms with Crippen molar-refractivity contribution in [1.82, 2.24) is 10.2 Å². The van der Waals surface area contributed by atoms with Crippen molar-refractivity contribution >= 4 is 55.1 Å². The first-order valence-electron chi connectivity index (χ1n) is 12.4. The fourth-order valence-electron chi connectivity index (χ4n) is 3.92. The number of rotatable bonds is 12. The van der Waals surface area contributed by atoms with Gasteiger partial charge in [-0.2, -0.15) is 0 Å². The number of amides is 2. The van der Waals surface area contributed by atoms with E-state index in [-0.39, 0.29) is 23.0 Å². The summed E-state index contributed by atoms with van der Waals surface area (Å²) in [6.45, 7) is 5.41. The molecule has 0 radical (unpaired) electrons. The number of anilines is 1. The van der Waals surface area contributed by atoms with Gasteiger partial charge in [-0.15, -0.1) is 0 Å². The summed E-state index contributed by atoms with van der Waals surface area (Å²) in [5, 5.41) is 3.12. The van der Waals surface area contributed by atoms with Gasteiger partial charge in [0.25, 0.3) is 10.0 Å². The molecule has 2 amide bonds. The second-order valence-electron chi connectivity index (χ2n) is 8.59. The predicted molar refractivity (Wildman–Crippen MR) is 156 cm³/mol. The van der Waals surface area contributed by atoms with Crippen molar-refractivity contribution in [2.45, 2.75) is 38.3 Å². The molecular weight excluding hydrogens is 606 g/mol. The molecule has 0 heterocycles. The summed E-state index contributed by atoms with van der Waals surface area (Å²) < 4.78 is 35.4. The molecular formula is C28H31BrClN3O5S. The standard InChI is InChI=1S/C28H31BrClN3O5S/c1-4-31-28(35)20(3)32(18-21-9-8-10-22(29)17-21)27(34)19-33(25-11-6-7-12-26(25)38-5-2)39(36,37)24-15-13-23(30)14-16-24/h6-17,20H,4-5,18-19H2,1-3H3,(H,31,35)/t20-/m1/s1. The third-order valence-electron chi connectivity index (χ3n) is 5.87. The molecule has 1 atom stereocenters. The Hall–Kier alpha value is -3.08. The third-order valence-corrected chi connectivity index (χ3v) is 8.39. The van der Waals surface area contributed by atoms with Crippen LogP contribution in [0.15, 0.2) is 82.2 Å². The smallest absolute Gasteiger partial charge is 0.264 e. The number of ether oxygens (including phenoxy) is 1. The molecule has 0 saturated carbocycles. The predicted octanol–water partition coefficient (Wildman–Crippen LogP) is 5.25. The van der Waals surface area contributed by atoms with Crippen LogP contribution in [0.25, 0.3) is 0 Å². The van der Waals surface area contributed by atoms with E-state index in [2.05, 4.69) is 21.2 Å². The maximum absolute atomic E-state index is 13.9. The van der Waals surface area contributed by atoms with Gasteiger partial charge in [0.1, 0.15) is 18.3 Å². The van der Waals surface area contributed by atoms with Gasteiger partial charge in [-0.1, -0.05) is 51.8 Å². The van der Waals surface area contributed by atoms with Gasteiger partial charge >= 0.3 is 0 Å². The minimum Gasteiger partial charge on any atom is -0.492 e. The Kier molecular flexibility index (Phi) is 10.8. The summed E-state index contributed by atoms with van der Waals surface area (Å²) >= 11 is 9.44. The minimum absolute atomic E-state index is 0.0404. The van der Waals surface area contributed by atoms with Gasteiger partial charge in [0.2, 0.25) is 11.8 Å². The summed E-state index contributed by atoms with van der Waals surface area (Å²) in [5.41, 5.74) is 0.978. The molecule has 0 bridgehead atoms. The highest BCUT2D eigenvalue weighted by atomic mass is 79.9. The molecule has 0 aliphatic rings. The van der Waals surface area contributed by atoms with Crippen molar-refractivity contribution in [1.29, 1.82) is 0 Å². The molecule has 3 aromatic rings. The molecule has 0 aliphatic carbocycles. The molecule has 0 aliphatic heterocycles. The number of nitrogens with zero attached hydrogens (tertiary/aromatic N) is 2. The second-order valence-corrected chi connectivity index (χ2v) is 11.8. The lowest BCUT2D eigenvalue weighted by molar-refractivity contribution is -0.139. The first kappa shape index (κ1) is 30.5. The monoisotopic (exact) mass is 635 g/mol. The Balaban J connectivity index is 2.08. The number of carbonyl (C=O) groups excluding carboxylic acids is 2. The maximum atomic E-state index is 13.9. The van der Waals surface area contributed by atoms with Crippen LogP contribution in [0.5, 0.6) is 5.75 Å². The van der Waals surface area contributed by atoms with Crippen LogP contribution < -0.4 is 14.4 Å². The zero-order chi connectivity index (χ0) is 28.6. The number of hydrogen-bond acceptors (Lipinski definition) is 5. The second kappa shape index (κ2) is 13.8. The van der Waals surface area contributed by atoms with Gasteiger partial charge < -0.3 is 15.0 Å². The lowest BCUT2D eigenvalue weighted by Crippen LogP contribution is -2.51. The van der Waals surface area contributed by atoms with Crippen LogP contribution >= 0.6 is 27.5 Å². The summed E-state index contributed by atoms with van der Waals surface area (Å²) in [5.74, 6) is -0.596. The fraction of sp³-hybridized carbons (Fsp3) is 0.286. The van der Waals surface area contributed by atoms with Gasteiger partial charge in [-0.3, -0.25) is 13.9 Å². The van der Waals surface area contributed by atoms with Crippen LogP contribution in [0, 0.1) is 0 Å². The Morgan fingerprint density at radius 3 is 2.36 bits per heavy atom. The number of carbonyl (C=O) groups is 2. The SMILES string of the molecule is CCNC(=O)[C@@H](C)N(Cc1cccc(Br)c1)C(=O)CN(c1ccccc1OCC)S(=O)(=O)c1ccc(Cl)cc1. The molecule has 0 aromatic heterocycles. The lowest BCUT2D eigenvalue weighted by atomic mass is 10.1. The number of likely N-dealkylation sites (N-methyl/N-ethyl adjacent to an activating group) is 1. The van der Waals surface area contributed by atoms with Crippen LogP contribution in [0.3, 0.4) is 0 Å². The van der Waals surface area contributed by atoms with Crippen molar-refractivity contribution in [3.63, 3.8) is 0 Å². The van der Waals surface area contributed by atoms with Crippen molar-refractivity contribution in [3.8, 4) is 5.75 Å². The van der Waals surface area contributed by atoms with E-state index in [9.17, 15) is 18.0 Å². The number of para-hydroxylation sites is 2. The van der Waals surface area contributed by atoms with Crippen LogP contribution in [-0.4, -0.2) is 50.9 Å². The van der Waals surface area contributed by atoms with E-state index in [1.165, 1.54) is 29.2 Å². The Labute approximate surface area is 243 Å². The fourth-order valence-corrected chi connectivity index (χ4v) is 5.92. The van der Waals surface area contributed by atoms with Gasteiger partial charge in [0, 0.05) is 22.6 Å². The first-order chi connectivity index (χ1) is 18.6. The normalized spacial score (nSPS) is 11.9. The highest BCUT2D eigenvalue weighted by Gasteiger charge is 2.33. The molecule has 39 heavy (non-hydrogen) atoms. The lowest BCUT2D eigenvalue weighted by Gasteiger charge is -2.32. The number of nitrogens with one attached hydrogen (secondary N) is 1. The molecule has 0 saturated heterocycles. The summed E-state index contributed by atoms with van der Waals surface area (Å²) in [7, 11) is -4.24. The highest BCUT2D eigenvalue weighted by molar-refractivity contribution is 9.10. The van der Waals surface area contributed by atoms with Crippen molar-refractivity contribution in [3.05, 3.63) is 87.9 Å². The Morgan fingerprint density at radius 1 is 1.03 bits per heavy atom. The van der Waals surface area contributed by atoms with Crippen LogP contribution in [0.4, 0.5) is 5.69 Å². The van der Waals surface area contributed by atoms with Crippen molar-refractivity contribution < 1.29 is 22.7 Å². The zero-order valence-corrected chi connectivity index (χ0v) is 25.1. The Morgan fingerprint density at radius 2 is 1.72 bits per heavy atom. The average molecular weight is 637 g/mol. The van der Waals surface area contributed by atoms with Crippen LogP contribution in [0.1, 0.15) is 26.3 Å².